The summed E-state index contributed by atoms with van der Waals surface area (Å²) in [4.78, 5) is 0. The fourth-order valence-electron chi connectivity index (χ4n) is 2.05. The Labute approximate surface area is 125 Å². The minimum Gasteiger partial charge on any atom is -0.496 e. The molecule has 0 aliphatic rings. The molecule has 0 bridgehead atoms. The van der Waals surface area contributed by atoms with Gasteiger partial charge in [0, 0.05) is 5.56 Å². The van der Waals surface area contributed by atoms with Gasteiger partial charge in [0.05, 0.1) is 19.8 Å². The molecule has 0 amide bonds. The lowest BCUT2D eigenvalue weighted by Crippen LogP contribution is -2.19. The average molecular weight is 287 g/mol. The number of hydrogen-bond acceptors (Lipinski definition) is 4. The largest absolute Gasteiger partial charge is 0.496 e. The monoisotopic (exact) mass is 287 g/mol. The van der Waals surface area contributed by atoms with E-state index < -0.39 is 0 Å². The Kier molecular flexibility index (Phi) is 5.46. The first-order chi connectivity index (χ1) is 10.2. The van der Waals surface area contributed by atoms with Crippen molar-refractivity contribution < 1.29 is 14.2 Å². The lowest BCUT2D eigenvalue weighted by Gasteiger charge is -2.16. The maximum Gasteiger partial charge on any atom is 0.123 e. The first-order valence-corrected chi connectivity index (χ1v) is 6.98. The van der Waals surface area contributed by atoms with Gasteiger partial charge in [-0.25, -0.2) is 0 Å². The van der Waals surface area contributed by atoms with Crippen LogP contribution in [-0.2, 0) is 0 Å². The van der Waals surface area contributed by atoms with Crippen molar-refractivity contribution in [2.24, 2.45) is 5.73 Å². The number of nitrogens with two attached hydrogens (primary N) is 1. The Morgan fingerprint density at radius 3 is 2.19 bits per heavy atom. The van der Waals surface area contributed by atoms with Crippen LogP contribution in [-0.4, -0.2) is 20.3 Å². The van der Waals surface area contributed by atoms with E-state index in [1.807, 2.05) is 55.5 Å². The summed E-state index contributed by atoms with van der Waals surface area (Å²) in [6.45, 7) is 2.99. The molecule has 1 atom stereocenters. The SMILES string of the molecule is CCOc1ccc(OCC(N)c2ccccc2OC)cc1. The third-order valence-electron chi connectivity index (χ3n) is 3.10. The zero-order valence-electron chi connectivity index (χ0n) is 12.4. The van der Waals surface area contributed by atoms with E-state index in [0.717, 1.165) is 22.8 Å². The van der Waals surface area contributed by atoms with E-state index in [4.69, 9.17) is 19.9 Å². The normalized spacial score (nSPS) is 11.8. The third kappa shape index (κ3) is 4.13. The maximum absolute atomic E-state index is 6.17. The molecule has 0 aromatic heterocycles. The van der Waals surface area contributed by atoms with Crippen LogP contribution in [0.4, 0.5) is 0 Å². The summed E-state index contributed by atoms with van der Waals surface area (Å²) in [5, 5.41) is 0. The predicted molar refractivity (Wildman–Crippen MR) is 83.0 cm³/mol. The van der Waals surface area contributed by atoms with Gasteiger partial charge in [0.25, 0.3) is 0 Å². The Bertz CT molecular complexity index is 554. The molecule has 2 rings (SSSR count). The average Bonchev–Trinajstić information content (AvgIpc) is 2.54. The summed E-state index contributed by atoms with van der Waals surface area (Å²) in [6, 6.07) is 15.0. The van der Waals surface area contributed by atoms with Gasteiger partial charge >= 0.3 is 0 Å². The number of para-hydroxylation sites is 1. The van der Waals surface area contributed by atoms with Crippen molar-refractivity contribution in [2.45, 2.75) is 13.0 Å². The van der Waals surface area contributed by atoms with Crippen LogP contribution in [0.5, 0.6) is 17.2 Å². The van der Waals surface area contributed by atoms with E-state index in [9.17, 15) is 0 Å². The van der Waals surface area contributed by atoms with Gasteiger partial charge in [-0.1, -0.05) is 18.2 Å². The molecule has 0 saturated carbocycles. The molecule has 4 heteroatoms. The van der Waals surface area contributed by atoms with Crippen LogP contribution in [0.1, 0.15) is 18.5 Å². The van der Waals surface area contributed by atoms with E-state index in [1.165, 1.54) is 0 Å². The van der Waals surface area contributed by atoms with Gasteiger partial charge in [-0.05, 0) is 37.3 Å². The van der Waals surface area contributed by atoms with Gasteiger partial charge in [0.15, 0.2) is 0 Å². The first kappa shape index (κ1) is 15.2. The zero-order valence-corrected chi connectivity index (χ0v) is 12.4. The molecule has 1 unspecified atom stereocenters. The molecule has 2 aromatic rings. The molecule has 0 aliphatic carbocycles. The van der Waals surface area contributed by atoms with Crippen LogP contribution in [0.15, 0.2) is 48.5 Å². The van der Waals surface area contributed by atoms with Gasteiger partial charge in [0.1, 0.15) is 23.9 Å². The van der Waals surface area contributed by atoms with Gasteiger partial charge in [0.2, 0.25) is 0 Å². The lowest BCUT2D eigenvalue weighted by atomic mass is 10.1. The van der Waals surface area contributed by atoms with Gasteiger partial charge < -0.3 is 19.9 Å². The van der Waals surface area contributed by atoms with Crippen molar-refractivity contribution in [1.82, 2.24) is 0 Å². The summed E-state index contributed by atoms with van der Waals surface area (Å²) in [7, 11) is 1.64. The van der Waals surface area contributed by atoms with Crippen molar-refractivity contribution in [2.75, 3.05) is 20.3 Å². The summed E-state index contributed by atoms with van der Waals surface area (Å²) < 4.78 is 16.4. The highest BCUT2D eigenvalue weighted by atomic mass is 16.5. The van der Waals surface area contributed by atoms with E-state index in [0.29, 0.717) is 13.2 Å². The van der Waals surface area contributed by atoms with Crippen LogP contribution in [0.3, 0.4) is 0 Å². The second-order valence-corrected chi connectivity index (χ2v) is 4.56. The van der Waals surface area contributed by atoms with Crippen LogP contribution in [0, 0.1) is 0 Å². The molecule has 0 aliphatic heterocycles. The highest BCUT2D eigenvalue weighted by Crippen LogP contribution is 2.24. The predicted octanol–water partition coefficient (Wildman–Crippen LogP) is 3.17. The molecule has 0 spiro atoms. The summed E-state index contributed by atoms with van der Waals surface area (Å²) in [6.07, 6.45) is 0. The van der Waals surface area contributed by atoms with Gasteiger partial charge in [-0.2, -0.15) is 0 Å². The standard InChI is InChI=1S/C17H21NO3/c1-3-20-13-8-10-14(11-9-13)21-12-16(18)15-6-4-5-7-17(15)19-2/h4-11,16H,3,12,18H2,1-2H3. The van der Waals surface area contributed by atoms with E-state index in [2.05, 4.69) is 0 Å². The molecule has 2 N–H and O–H groups in total. The molecule has 0 heterocycles. The second-order valence-electron chi connectivity index (χ2n) is 4.56. The fourth-order valence-corrected chi connectivity index (χ4v) is 2.05. The smallest absolute Gasteiger partial charge is 0.123 e. The Morgan fingerprint density at radius 1 is 0.952 bits per heavy atom. The highest BCUT2D eigenvalue weighted by molar-refractivity contribution is 5.36. The summed E-state index contributed by atoms with van der Waals surface area (Å²) >= 11 is 0. The highest BCUT2D eigenvalue weighted by Gasteiger charge is 2.12. The van der Waals surface area contributed by atoms with E-state index in [1.54, 1.807) is 7.11 Å². The maximum atomic E-state index is 6.17. The van der Waals surface area contributed by atoms with Crippen molar-refractivity contribution in [3.8, 4) is 17.2 Å². The molecule has 21 heavy (non-hydrogen) atoms. The van der Waals surface area contributed by atoms with Gasteiger partial charge in [-0.15, -0.1) is 0 Å². The van der Waals surface area contributed by atoms with Crippen molar-refractivity contribution >= 4 is 0 Å². The minimum absolute atomic E-state index is 0.243. The van der Waals surface area contributed by atoms with E-state index in [-0.39, 0.29) is 6.04 Å². The molecule has 0 fully saturated rings. The zero-order chi connectivity index (χ0) is 15.1. The topological polar surface area (TPSA) is 53.7 Å². The first-order valence-electron chi connectivity index (χ1n) is 6.98. The summed E-state index contributed by atoms with van der Waals surface area (Å²) in [5.41, 5.74) is 7.10. The minimum atomic E-state index is -0.243. The van der Waals surface area contributed by atoms with E-state index >= 15 is 0 Å². The Balaban J connectivity index is 1.95. The van der Waals surface area contributed by atoms with Crippen molar-refractivity contribution in [3.05, 3.63) is 54.1 Å². The molecule has 0 radical (unpaired) electrons. The number of benzene rings is 2. The quantitative estimate of drug-likeness (QED) is 0.850. The fraction of sp³-hybridized carbons (Fsp3) is 0.294. The van der Waals surface area contributed by atoms with Crippen LogP contribution in [0.25, 0.3) is 0 Å². The Hall–Kier alpha value is -2.20. The van der Waals surface area contributed by atoms with Crippen molar-refractivity contribution in [1.29, 1.82) is 0 Å². The number of rotatable bonds is 7. The van der Waals surface area contributed by atoms with Crippen LogP contribution in [0.2, 0.25) is 0 Å². The van der Waals surface area contributed by atoms with Crippen LogP contribution >= 0.6 is 0 Å². The number of hydrogen-bond donors (Lipinski definition) is 1. The number of ether oxygens (including phenoxy) is 3. The molecular weight excluding hydrogens is 266 g/mol. The molecule has 4 nitrogen and oxygen atoms in total. The second kappa shape index (κ2) is 7.55. The summed E-state index contributed by atoms with van der Waals surface area (Å²) in [5.74, 6) is 2.38. The molecule has 2 aromatic carbocycles. The lowest BCUT2D eigenvalue weighted by molar-refractivity contribution is 0.285. The molecular formula is C17H21NO3. The molecule has 112 valence electrons. The Morgan fingerprint density at radius 2 is 1.57 bits per heavy atom. The van der Waals surface area contributed by atoms with Crippen LogP contribution < -0.4 is 19.9 Å². The molecule has 0 saturated heterocycles. The van der Waals surface area contributed by atoms with Crippen molar-refractivity contribution in [3.63, 3.8) is 0 Å². The van der Waals surface area contributed by atoms with Gasteiger partial charge in [-0.3, -0.25) is 0 Å². The number of methoxy groups -OCH3 is 1. The third-order valence-corrected chi connectivity index (χ3v) is 3.10.